The summed E-state index contributed by atoms with van der Waals surface area (Å²) in [7, 11) is 0. The summed E-state index contributed by atoms with van der Waals surface area (Å²) in [5, 5.41) is 9.61. The summed E-state index contributed by atoms with van der Waals surface area (Å²) in [6.45, 7) is 2.07. The van der Waals surface area contributed by atoms with E-state index in [1.165, 1.54) is 6.20 Å². The fourth-order valence-electron chi connectivity index (χ4n) is 2.58. The SMILES string of the molecule is CCCC1=C(C#N)C(c2cccc(Br)c2)/C(=C/N)C(N)=[NH+]1. The maximum atomic E-state index is 9.61. The lowest BCUT2D eigenvalue weighted by molar-refractivity contribution is -0.404. The first-order valence-electron chi connectivity index (χ1n) is 6.82. The van der Waals surface area contributed by atoms with Crippen LogP contribution in [0.25, 0.3) is 0 Å². The van der Waals surface area contributed by atoms with Crippen LogP contribution in [0.3, 0.4) is 0 Å². The molecule has 21 heavy (non-hydrogen) atoms. The van der Waals surface area contributed by atoms with Crippen molar-refractivity contribution in [2.45, 2.75) is 25.7 Å². The van der Waals surface area contributed by atoms with Crippen molar-refractivity contribution < 1.29 is 4.99 Å². The lowest BCUT2D eigenvalue weighted by atomic mass is 9.81. The van der Waals surface area contributed by atoms with Crippen molar-refractivity contribution in [2.24, 2.45) is 11.5 Å². The maximum absolute atomic E-state index is 9.61. The number of nitrogens with zero attached hydrogens (tertiary/aromatic N) is 1. The van der Waals surface area contributed by atoms with E-state index in [1.807, 2.05) is 24.3 Å². The van der Waals surface area contributed by atoms with Gasteiger partial charge in [0.1, 0.15) is 5.70 Å². The van der Waals surface area contributed by atoms with Crippen molar-refractivity contribution >= 4 is 21.8 Å². The number of nitrogens with one attached hydrogen (secondary N) is 1. The predicted molar refractivity (Wildman–Crippen MR) is 86.9 cm³/mol. The zero-order valence-corrected chi connectivity index (χ0v) is 13.4. The molecule has 1 aliphatic heterocycles. The van der Waals surface area contributed by atoms with Crippen LogP contribution in [-0.4, -0.2) is 5.84 Å². The van der Waals surface area contributed by atoms with Crippen LogP contribution in [-0.2, 0) is 0 Å². The van der Waals surface area contributed by atoms with E-state index in [2.05, 4.69) is 33.9 Å². The zero-order chi connectivity index (χ0) is 15.4. The number of halogens is 1. The molecular weight excluding hydrogens is 328 g/mol. The normalized spacial score (nSPS) is 20.3. The molecule has 0 bridgehead atoms. The molecule has 1 aromatic rings. The number of nitrogens with two attached hydrogens (primary N) is 2. The van der Waals surface area contributed by atoms with E-state index in [9.17, 15) is 5.26 Å². The van der Waals surface area contributed by atoms with Gasteiger partial charge in [0.2, 0.25) is 0 Å². The zero-order valence-electron chi connectivity index (χ0n) is 11.9. The minimum absolute atomic E-state index is 0.222. The molecule has 0 amide bonds. The molecule has 5 heteroatoms. The highest BCUT2D eigenvalue weighted by molar-refractivity contribution is 9.10. The lowest BCUT2D eigenvalue weighted by Gasteiger charge is -2.22. The van der Waals surface area contributed by atoms with Crippen LogP contribution in [0.2, 0.25) is 0 Å². The fourth-order valence-corrected chi connectivity index (χ4v) is 3.00. The Labute approximate surface area is 133 Å². The third kappa shape index (κ3) is 3.01. The molecule has 1 unspecified atom stereocenters. The van der Waals surface area contributed by atoms with Crippen LogP contribution < -0.4 is 16.5 Å². The number of amidine groups is 1. The molecule has 0 fully saturated rings. The standard InChI is InChI=1S/C16H17BrN4/c1-2-4-14-12(8-18)15(13(9-19)16(20)21-14)10-5-3-6-11(17)7-10/h3,5-7,9,15H,2,4,19H2,1H3,(H2,20,21)/p+1/b13-9-. The van der Waals surface area contributed by atoms with E-state index in [1.54, 1.807) is 0 Å². The Kier molecular flexibility index (Phi) is 4.81. The van der Waals surface area contributed by atoms with Gasteiger partial charge in [-0.2, -0.15) is 5.26 Å². The number of hydrogen-bond acceptors (Lipinski definition) is 3. The van der Waals surface area contributed by atoms with Crippen LogP contribution in [0.4, 0.5) is 0 Å². The molecule has 0 radical (unpaired) electrons. The maximum Gasteiger partial charge on any atom is 0.276 e. The molecule has 0 aliphatic carbocycles. The van der Waals surface area contributed by atoms with Crippen LogP contribution in [0.5, 0.6) is 0 Å². The Balaban J connectivity index is 2.64. The number of benzene rings is 1. The van der Waals surface area contributed by atoms with Gasteiger partial charge < -0.3 is 5.73 Å². The van der Waals surface area contributed by atoms with E-state index in [0.717, 1.165) is 34.1 Å². The van der Waals surface area contributed by atoms with Gasteiger partial charge >= 0.3 is 0 Å². The fraction of sp³-hybridized carbons (Fsp3) is 0.250. The number of hydrogen-bond donors (Lipinski definition) is 3. The van der Waals surface area contributed by atoms with Gasteiger partial charge in [0.25, 0.3) is 5.84 Å². The molecule has 0 saturated carbocycles. The first-order chi connectivity index (χ1) is 10.1. The second kappa shape index (κ2) is 6.59. The van der Waals surface area contributed by atoms with E-state index >= 15 is 0 Å². The van der Waals surface area contributed by atoms with Crippen molar-refractivity contribution in [1.82, 2.24) is 0 Å². The van der Waals surface area contributed by atoms with Crippen molar-refractivity contribution in [2.75, 3.05) is 0 Å². The molecule has 5 N–H and O–H groups in total. The van der Waals surface area contributed by atoms with Crippen molar-refractivity contribution in [3.63, 3.8) is 0 Å². The van der Waals surface area contributed by atoms with Gasteiger partial charge in [-0.15, -0.1) is 0 Å². The lowest BCUT2D eigenvalue weighted by Crippen LogP contribution is -2.76. The molecule has 1 aromatic carbocycles. The van der Waals surface area contributed by atoms with Gasteiger partial charge in [0.05, 0.1) is 23.1 Å². The summed E-state index contributed by atoms with van der Waals surface area (Å²) in [6.07, 6.45) is 3.20. The van der Waals surface area contributed by atoms with Crippen molar-refractivity contribution in [1.29, 1.82) is 5.26 Å². The second-order valence-corrected chi connectivity index (χ2v) is 5.82. The second-order valence-electron chi connectivity index (χ2n) is 4.90. The molecule has 2 rings (SSSR count). The molecule has 108 valence electrons. The van der Waals surface area contributed by atoms with E-state index in [0.29, 0.717) is 11.4 Å². The number of rotatable bonds is 3. The average molecular weight is 346 g/mol. The quantitative estimate of drug-likeness (QED) is 0.773. The molecule has 1 atom stereocenters. The van der Waals surface area contributed by atoms with Gasteiger partial charge in [-0.05, 0) is 24.1 Å². The van der Waals surface area contributed by atoms with E-state index < -0.39 is 0 Å². The Morgan fingerprint density at radius 2 is 2.24 bits per heavy atom. The first kappa shape index (κ1) is 15.3. The van der Waals surface area contributed by atoms with Gasteiger partial charge in [0, 0.05) is 17.1 Å². The highest BCUT2D eigenvalue weighted by atomic mass is 79.9. The molecule has 0 aromatic heterocycles. The van der Waals surface area contributed by atoms with Gasteiger partial charge in [-0.1, -0.05) is 35.0 Å². The van der Waals surface area contributed by atoms with E-state index in [-0.39, 0.29) is 5.92 Å². The molecule has 1 aliphatic rings. The monoisotopic (exact) mass is 345 g/mol. The summed E-state index contributed by atoms with van der Waals surface area (Å²) < 4.78 is 0.961. The first-order valence-corrected chi connectivity index (χ1v) is 7.61. The molecule has 1 heterocycles. The van der Waals surface area contributed by atoms with E-state index in [4.69, 9.17) is 11.5 Å². The van der Waals surface area contributed by atoms with Gasteiger partial charge in [0.15, 0.2) is 0 Å². The highest BCUT2D eigenvalue weighted by Gasteiger charge is 2.33. The topological polar surface area (TPSA) is 89.8 Å². The average Bonchev–Trinajstić information content (AvgIpc) is 2.47. The summed E-state index contributed by atoms with van der Waals surface area (Å²) in [4.78, 5) is 3.13. The predicted octanol–water partition coefficient (Wildman–Crippen LogP) is 1.40. The minimum atomic E-state index is -0.222. The van der Waals surface area contributed by atoms with Crippen LogP contribution in [0.15, 0.2) is 51.8 Å². The van der Waals surface area contributed by atoms with Crippen LogP contribution >= 0.6 is 15.9 Å². The van der Waals surface area contributed by atoms with Crippen LogP contribution in [0, 0.1) is 11.3 Å². The Hall–Kier alpha value is -2.06. The summed E-state index contributed by atoms with van der Waals surface area (Å²) in [6, 6.07) is 10.2. The number of nitriles is 1. The molecular formula is C16H18BrN4+. The Morgan fingerprint density at radius 1 is 1.48 bits per heavy atom. The van der Waals surface area contributed by atoms with Crippen molar-refractivity contribution in [3.05, 3.63) is 57.3 Å². The van der Waals surface area contributed by atoms with Gasteiger partial charge in [-0.25, -0.2) is 4.99 Å². The van der Waals surface area contributed by atoms with Gasteiger partial charge in [-0.3, -0.25) is 5.73 Å². The summed E-state index contributed by atoms with van der Waals surface area (Å²) >= 11 is 3.47. The molecule has 0 saturated heterocycles. The highest BCUT2D eigenvalue weighted by Crippen LogP contribution is 2.34. The smallest absolute Gasteiger partial charge is 0.276 e. The Bertz CT molecular complexity index is 680. The molecule has 4 nitrogen and oxygen atoms in total. The third-order valence-electron chi connectivity index (χ3n) is 3.50. The summed E-state index contributed by atoms with van der Waals surface area (Å²) in [5.41, 5.74) is 15.1. The number of allylic oxidation sites excluding steroid dienone is 2. The molecule has 0 spiro atoms. The third-order valence-corrected chi connectivity index (χ3v) is 4.00. The van der Waals surface area contributed by atoms with Crippen molar-refractivity contribution in [3.8, 4) is 6.07 Å². The summed E-state index contributed by atoms with van der Waals surface area (Å²) in [5.74, 6) is 0.297. The minimum Gasteiger partial charge on any atom is -0.404 e. The largest absolute Gasteiger partial charge is 0.404 e. The Morgan fingerprint density at radius 3 is 2.81 bits per heavy atom. The van der Waals surface area contributed by atoms with Crippen LogP contribution in [0.1, 0.15) is 31.2 Å².